The first-order valence-electron chi connectivity index (χ1n) is 6.55. The number of piperazine rings is 1. The minimum atomic E-state index is 0.908. The Balaban J connectivity index is 1.54. The lowest BCUT2D eigenvalue weighted by Gasteiger charge is -2.33. The minimum Gasteiger partial charge on any atom is -0.472 e. The average Bonchev–Trinajstić information content (AvgIpc) is 2.88. The fourth-order valence-corrected chi connectivity index (χ4v) is 2.19. The molecule has 1 fully saturated rings. The molecular weight excluding hydrogens is 214 g/mol. The predicted octanol–water partition coefficient (Wildman–Crippen LogP) is 1.01. The summed E-state index contributed by atoms with van der Waals surface area (Å²) in [5.41, 5.74) is 1.22. The standard InChI is InChI=1S/C13H23N3O/c1-2-15-6-8-16(9-7-15)5-4-14-11-13-3-10-17-12-13/h3,10,12,14H,2,4-9,11H2,1H3. The zero-order chi connectivity index (χ0) is 11.9. The molecule has 1 aromatic rings. The summed E-state index contributed by atoms with van der Waals surface area (Å²) < 4.78 is 5.03. The Bertz CT molecular complexity index is 292. The van der Waals surface area contributed by atoms with Gasteiger partial charge in [0.25, 0.3) is 0 Å². The van der Waals surface area contributed by atoms with Crippen molar-refractivity contribution in [2.24, 2.45) is 0 Å². The number of likely N-dealkylation sites (N-methyl/N-ethyl adjacent to an activating group) is 1. The summed E-state index contributed by atoms with van der Waals surface area (Å²) >= 11 is 0. The first-order chi connectivity index (χ1) is 8.38. The summed E-state index contributed by atoms with van der Waals surface area (Å²) in [6, 6.07) is 2.01. The lowest BCUT2D eigenvalue weighted by Crippen LogP contribution is -2.47. The van der Waals surface area contributed by atoms with Gasteiger partial charge in [0.05, 0.1) is 12.5 Å². The summed E-state index contributed by atoms with van der Waals surface area (Å²) in [7, 11) is 0. The number of nitrogens with zero attached hydrogens (tertiary/aromatic N) is 2. The van der Waals surface area contributed by atoms with Crippen LogP contribution >= 0.6 is 0 Å². The molecule has 1 aromatic heterocycles. The lowest BCUT2D eigenvalue weighted by atomic mass is 10.3. The van der Waals surface area contributed by atoms with E-state index in [2.05, 4.69) is 22.0 Å². The highest BCUT2D eigenvalue weighted by Crippen LogP contribution is 2.01. The molecule has 0 spiro atoms. The highest BCUT2D eigenvalue weighted by atomic mass is 16.3. The van der Waals surface area contributed by atoms with Crippen LogP contribution in [0.3, 0.4) is 0 Å². The van der Waals surface area contributed by atoms with Crippen molar-refractivity contribution in [1.82, 2.24) is 15.1 Å². The molecule has 0 amide bonds. The van der Waals surface area contributed by atoms with Crippen LogP contribution in [0.25, 0.3) is 0 Å². The van der Waals surface area contributed by atoms with E-state index in [9.17, 15) is 0 Å². The Morgan fingerprint density at radius 3 is 2.65 bits per heavy atom. The van der Waals surface area contributed by atoms with Gasteiger partial charge < -0.3 is 14.6 Å². The monoisotopic (exact) mass is 237 g/mol. The molecule has 17 heavy (non-hydrogen) atoms. The zero-order valence-electron chi connectivity index (χ0n) is 10.7. The van der Waals surface area contributed by atoms with E-state index in [0.717, 1.165) is 19.6 Å². The van der Waals surface area contributed by atoms with Gasteiger partial charge in [-0.25, -0.2) is 0 Å². The van der Waals surface area contributed by atoms with Crippen molar-refractivity contribution in [2.75, 3.05) is 45.8 Å². The van der Waals surface area contributed by atoms with E-state index in [1.807, 2.05) is 6.07 Å². The van der Waals surface area contributed by atoms with E-state index >= 15 is 0 Å². The Morgan fingerprint density at radius 1 is 1.24 bits per heavy atom. The van der Waals surface area contributed by atoms with Gasteiger partial charge in [-0.05, 0) is 12.6 Å². The second-order valence-electron chi connectivity index (χ2n) is 4.58. The number of nitrogens with one attached hydrogen (secondary N) is 1. The second-order valence-corrected chi connectivity index (χ2v) is 4.58. The number of furan rings is 1. The molecule has 0 aliphatic carbocycles. The summed E-state index contributed by atoms with van der Waals surface area (Å²) in [6.07, 6.45) is 3.52. The summed E-state index contributed by atoms with van der Waals surface area (Å²) in [4.78, 5) is 5.05. The third kappa shape index (κ3) is 4.15. The zero-order valence-corrected chi connectivity index (χ0v) is 10.7. The van der Waals surface area contributed by atoms with Crippen molar-refractivity contribution in [2.45, 2.75) is 13.5 Å². The minimum absolute atomic E-state index is 0.908. The largest absolute Gasteiger partial charge is 0.472 e. The molecule has 1 aliphatic rings. The lowest BCUT2D eigenvalue weighted by molar-refractivity contribution is 0.138. The average molecular weight is 237 g/mol. The second kappa shape index (κ2) is 6.79. The van der Waals surface area contributed by atoms with Crippen molar-refractivity contribution in [1.29, 1.82) is 0 Å². The van der Waals surface area contributed by atoms with Crippen LogP contribution in [0.1, 0.15) is 12.5 Å². The highest BCUT2D eigenvalue weighted by molar-refractivity contribution is 5.04. The van der Waals surface area contributed by atoms with Crippen LogP contribution in [0.5, 0.6) is 0 Å². The molecule has 0 aromatic carbocycles. The first kappa shape index (κ1) is 12.6. The van der Waals surface area contributed by atoms with Gasteiger partial charge in [0.15, 0.2) is 0 Å². The van der Waals surface area contributed by atoms with Crippen molar-refractivity contribution in [3.8, 4) is 0 Å². The van der Waals surface area contributed by atoms with E-state index in [1.54, 1.807) is 12.5 Å². The van der Waals surface area contributed by atoms with Crippen LogP contribution in [0.4, 0.5) is 0 Å². The molecule has 4 heteroatoms. The van der Waals surface area contributed by atoms with Crippen molar-refractivity contribution in [3.63, 3.8) is 0 Å². The first-order valence-corrected chi connectivity index (χ1v) is 6.55. The molecular formula is C13H23N3O. The van der Waals surface area contributed by atoms with Gasteiger partial charge in [0.1, 0.15) is 0 Å². The van der Waals surface area contributed by atoms with E-state index < -0.39 is 0 Å². The Kier molecular flexibility index (Phi) is 5.04. The van der Waals surface area contributed by atoms with Crippen molar-refractivity contribution < 1.29 is 4.42 Å². The van der Waals surface area contributed by atoms with Gasteiger partial charge >= 0.3 is 0 Å². The highest BCUT2D eigenvalue weighted by Gasteiger charge is 2.14. The Labute approximate surface area is 104 Å². The van der Waals surface area contributed by atoms with Crippen LogP contribution < -0.4 is 5.32 Å². The van der Waals surface area contributed by atoms with Gasteiger partial charge in [0, 0.05) is 51.4 Å². The SMILES string of the molecule is CCN1CCN(CCNCc2ccoc2)CC1. The third-order valence-corrected chi connectivity index (χ3v) is 3.43. The maximum Gasteiger partial charge on any atom is 0.0947 e. The topological polar surface area (TPSA) is 31.6 Å². The van der Waals surface area contributed by atoms with Crippen LogP contribution in [-0.2, 0) is 6.54 Å². The van der Waals surface area contributed by atoms with Crippen LogP contribution in [0.15, 0.2) is 23.0 Å². The van der Waals surface area contributed by atoms with Crippen LogP contribution in [0.2, 0.25) is 0 Å². The Hall–Kier alpha value is -0.840. The molecule has 1 saturated heterocycles. The number of hydrogen-bond donors (Lipinski definition) is 1. The molecule has 1 N–H and O–H groups in total. The van der Waals surface area contributed by atoms with Gasteiger partial charge in [-0.15, -0.1) is 0 Å². The molecule has 96 valence electrons. The molecule has 4 nitrogen and oxygen atoms in total. The maximum atomic E-state index is 5.03. The van der Waals surface area contributed by atoms with Crippen LogP contribution in [-0.4, -0.2) is 55.6 Å². The van der Waals surface area contributed by atoms with E-state index in [4.69, 9.17) is 4.42 Å². The predicted molar refractivity (Wildman–Crippen MR) is 69.0 cm³/mol. The Morgan fingerprint density at radius 2 is 2.00 bits per heavy atom. The molecule has 0 bridgehead atoms. The molecule has 1 aliphatic heterocycles. The van der Waals surface area contributed by atoms with Gasteiger partial charge in [-0.3, -0.25) is 4.90 Å². The quantitative estimate of drug-likeness (QED) is 0.748. The van der Waals surface area contributed by atoms with Crippen molar-refractivity contribution in [3.05, 3.63) is 24.2 Å². The van der Waals surface area contributed by atoms with E-state index in [-0.39, 0.29) is 0 Å². The molecule has 0 saturated carbocycles. The molecule has 2 heterocycles. The smallest absolute Gasteiger partial charge is 0.0947 e. The molecule has 0 atom stereocenters. The summed E-state index contributed by atoms with van der Waals surface area (Å²) in [5, 5.41) is 3.45. The molecule has 0 radical (unpaired) electrons. The van der Waals surface area contributed by atoms with Gasteiger partial charge in [-0.1, -0.05) is 6.92 Å². The van der Waals surface area contributed by atoms with Crippen LogP contribution in [0, 0.1) is 0 Å². The molecule has 0 unspecified atom stereocenters. The third-order valence-electron chi connectivity index (χ3n) is 3.43. The van der Waals surface area contributed by atoms with E-state index in [0.29, 0.717) is 0 Å². The van der Waals surface area contributed by atoms with Gasteiger partial charge in [0.2, 0.25) is 0 Å². The summed E-state index contributed by atoms with van der Waals surface area (Å²) in [5.74, 6) is 0. The fraction of sp³-hybridized carbons (Fsp3) is 0.692. The number of rotatable bonds is 6. The van der Waals surface area contributed by atoms with Crippen molar-refractivity contribution >= 4 is 0 Å². The fourth-order valence-electron chi connectivity index (χ4n) is 2.19. The normalized spacial score (nSPS) is 18.6. The van der Waals surface area contributed by atoms with Gasteiger partial charge in [-0.2, -0.15) is 0 Å². The van der Waals surface area contributed by atoms with E-state index in [1.165, 1.54) is 38.3 Å². The maximum absolute atomic E-state index is 5.03. The summed E-state index contributed by atoms with van der Waals surface area (Å²) in [6.45, 7) is 11.4. The molecule has 2 rings (SSSR count). The number of hydrogen-bond acceptors (Lipinski definition) is 4.